The molecule has 0 aliphatic carbocycles. The van der Waals surface area contributed by atoms with Gasteiger partial charge in [-0.15, -0.1) is 13.0 Å². The van der Waals surface area contributed by atoms with Crippen LogP contribution in [0.15, 0.2) is 12.7 Å². The quantitative estimate of drug-likeness (QED) is 0.262. The van der Waals surface area contributed by atoms with Gasteiger partial charge in [-0.3, -0.25) is 4.79 Å². The summed E-state index contributed by atoms with van der Waals surface area (Å²) in [6.45, 7) is 3.53. The molecule has 0 fully saturated rings. The molecule has 0 saturated heterocycles. The standard InChI is InChI=1S/C9H11NO3/c1-4-6-10(3)8(11)9(12)13-7-5-2/h2,4H,1,6-7H2,3H3. The largest absolute Gasteiger partial charge is 0.445 e. The first-order valence-corrected chi connectivity index (χ1v) is 3.60. The number of likely N-dealkylation sites (N-methyl/N-ethyl adjacent to an activating group) is 1. The van der Waals surface area contributed by atoms with E-state index < -0.39 is 11.9 Å². The Morgan fingerprint density at radius 1 is 1.69 bits per heavy atom. The molecule has 0 rings (SSSR count). The molecule has 0 aromatic carbocycles. The third-order valence-corrected chi connectivity index (χ3v) is 1.21. The summed E-state index contributed by atoms with van der Waals surface area (Å²) in [5.41, 5.74) is 0. The molecule has 13 heavy (non-hydrogen) atoms. The first-order valence-electron chi connectivity index (χ1n) is 3.60. The number of ether oxygens (including phenoxy) is 1. The second-order valence-electron chi connectivity index (χ2n) is 2.25. The molecule has 0 heterocycles. The fourth-order valence-corrected chi connectivity index (χ4v) is 0.601. The number of terminal acetylenes is 1. The first-order chi connectivity index (χ1) is 6.13. The zero-order valence-electron chi connectivity index (χ0n) is 7.45. The Kier molecular flexibility index (Phi) is 5.05. The van der Waals surface area contributed by atoms with Crippen molar-refractivity contribution in [2.45, 2.75) is 0 Å². The zero-order chi connectivity index (χ0) is 10.3. The van der Waals surface area contributed by atoms with Gasteiger partial charge in [0, 0.05) is 13.6 Å². The summed E-state index contributed by atoms with van der Waals surface area (Å²) < 4.78 is 4.42. The summed E-state index contributed by atoms with van der Waals surface area (Å²) in [5.74, 6) is 0.421. The van der Waals surface area contributed by atoms with E-state index in [0.29, 0.717) is 6.54 Å². The van der Waals surface area contributed by atoms with Crippen molar-refractivity contribution in [3.05, 3.63) is 12.7 Å². The van der Waals surface area contributed by atoms with Gasteiger partial charge >= 0.3 is 11.9 Å². The second-order valence-corrected chi connectivity index (χ2v) is 2.25. The molecule has 4 heteroatoms. The van der Waals surface area contributed by atoms with Gasteiger partial charge in [-0.1, -0.05) is 12.0 Å². The molecule has 70 valence electrons. The van der Waals surface area contributed by atoms with Crippen molar-refractivity contribution >= 4 is 11.9 Å². The predicted octanol–water partition coefficient (Wildman–Crippen LogP) is -0.193. The van der Waals surface area contributed by atoms with E-state index in [1.54, 1.807) is 0 Å². The molecule has 0 aliphatic heterocycles. The monoisotopic (exact) mass is 181 g/mol. The Labute approximate surface area is 77.2 Å². The normalized spacial score (nSPS) is 8.31. The van der Waals surface area contributed by atoms with Crippen LogP contribution < -0.4 is 0 Å². The van der Waals surface area contributed by atoms with Crippen molar-refractivity contribution in [3.63, 3.8) is 0 Å². The van der Waals surface area contributed by atoms with Gasteiger partial charge in [0.15, 0.2) is 6.61 Å². The molecule has 0 spiro atoms. The minimum atomic E-state index is -0.942. The van der Waals surface area contributed by atoms with Crippen LogP contribution in [-0.4, -0.2) is 37.0 Å². The summed E-state index contributed by atoms with van der Waals surface area (Å²) in [7, 11) is 1.47. The molecular weight excluding hydrogens is 170 g/mol. The van der Waals surface area contributed by atoms with Crippen LogP contribution in [0.1, 0.15) is 0 Å². The first kappa shape index (κ1) is 11.2. The topological polar surface area (TPSA) is 46.6 Å². The number of amides is 1. The van der Waals surface area contributed by atoms with Gasteiger partial charge in [-0.05, 0) is 0 Å². The molecule has 4 nitrogen and oxygen atoms in total. The van der Waals surface area contributed by atoms with Gasteiger partial charge in [-0.25, -0.2) is 4.79 Å². The van der Waals surface area contributed by atoms with Gasteiger partial charge in [0.05, 0.1) is 0 Å². The number of carbonyl (C=O) groups excluding carboxylic acids is 2. The molecule has 0 aliphatic rings. The number of hydrogen-bond donors (Lipinski definition) is 0. The van der Waals surface area contributed by atoms with Crippen LogP contribution in [0.2, 0.25) is 0 Å². The Hall–Kier alpha value is -1.76. The maximum absolute atomic E-state index is 11.1. The van der Waals surface area contributed by atoms with Crippen molar-refractivity contribution in [1.29, 1.82) is 0 Å². The second kappa shape index (κ2) is 5.84. The van der Waals surface area contributed by atoms with Gasteiger partial charge in [0.1, 0.15) is 0 Å². The number of esters is 1. The van der Waals surface area contributed by atoms with Crippen LogP contribution in [0.4, 0.5) is 0 Å². The third kappa shape index (κ3) is 3.97. The molecule has 0 atom stereocenters. The molecule has 1 amide bonds. The molecule has 0 saturated carbocycles. The summed E-state index contributed by atoms with van der Waals surface area (Å²) in [5, 5.41) is 0. The van der Waals surface area contributed by atoms with E-state index in [1.165, 1.54) is 18.0 Å². The van der Waals surface area contributed by atoms with Crippen molar-refractivity contribution in [1.82, 2.24) is 4.90 Å². The van der Waals surface area contributed by atoms with E-state index >= 15 is 0 Å². The minimum Gasteiger partial charge on any atom is -0.445 e. The smallest absolute Gasteiger partial charge is 0.397 e. The third-order valence-electron chi connectivity index (χ3n) is 1.21. The van der Waals surface area contributed by atoms with Crippen LogP contribution in [0.25, 0.3) is 0 Å². The highest BCUT2D eigenvalue weighted by Crippen LogP contribution is 1.88. The van der Waals surface area contributed by atoms with Gasteiger partial charge in [-0.2, -0.15) is 0 Å². The van der Waals surface area contributed by atoms with Crippen molar-refractivity contribution in [2.75, 3.05) is 20.2 Å². The van der Waals surface area contributed by atoms with Gasteiger partial charge < -0.3 is 9.64 Å². The van der Waals surface area contributed by atoms with Crippen molar-refractivity contribution in [2.24, 2.45) is 0 Å². The maximum atomic E-state index is 11.1. The number of rotatable bonds is 3. The van der Waals surface area contributed by atoms with E-state index in [-0.39, 0.29) is 6.61 Å². The average molecular weight is 181 g/mol. The highest BCUT2D eigenvalue weighted by Gasteiger charge is 2.18. The number of nitrogens with zero attached hydrogens (tertiary/aromatic N) is 1. The highest BCUT2D eigenvalue weighted by molar-refractivity contribution is 6.32. The molecule has 0 radical (unpaired) electrons. The molecular formula is C9H11NO3. The van der Waals surface area contributed by atoms with Crippen molar-refractivity contribution < 1.29 is 14.3 Å². The minimum absolute atomic E-state index is 0.188. The van der Waals surface area contributed by atoms with Crippen LogP contribution in [0.5, 0.6) is 0 Å². The van der Waals surface area contributed by atoms with Gasteiger partial charge in [0.25, 0.3) is 0 Å². The van der Waals surface area contributed by atoms with Gasteiger partial charge in [0.2, 0.25) is 0 Å². The SMILES string of the molecule is C#CCOC(=O)C(=O)N(C)CC=C. The predicted molar refractivity (Wildman–Crippen MR) is 47.6 cm³/mol. The van der Waals surface area contributed by atoms with E-state index in [0.717, 1.165) is 0 Å². The van der Waals surface area contributed by atoms with E-state index in [9.17, 15) is 9.59 Å². The lowest BCUT2D eigenvalue weighted by Crippen LogP contribution is -2.34. The fraction of sp³-hybridized carbons (Fsp3) is 0.333. The van der Waals surface area contributed by atoms with Crippen LogP contribution in [-0.2, 0) is 14.3 Å². The number of carbonyl (C=O) groups is 2. The Bertz CT molecular complexity index is 252. The highest BCUT2D eigenvalue weighted by atomic mass is 16.5. The van der Waals surface area contributed by atoms with Crippen molar-refractivity contribution in [3.8, 4) is 12.3 Å². The lowest BCUT2D eigenvalue weighted by molar-refractivity contribution is -0.158. The Morgan fingerprint density at radius 2 is 2.31 bits per heavy atom. The summed E-state index contributed by atoms with van der Waals surface area (Å²) in [6.07, 6.45) is 6.35. The Morgan fingerprint density at radius 3 is 2.77 bits per heavy atom. The molecule has 0 bridgehead atoms. The summed E-state index contributed by atoms with van der Waals surface area (Å²) in [4.78, 5) is 23.1. The van der Waals surface area contributed by atoms with Crippen LogP contribution in [0.3, 0.4) is 0 Å². The van der Waals surface area contributed by atoms with Crippen LogP contribution >= 0.6 is 0 Å². The zero-order valence-corrected chi connectivity index (χ0v) is 7.45. The Balaban J connectivity index is 4.03. The molecule has 0 N–H and O–H groups in total. The fourth-order valence-electron chi connectivity index (χ4n) is 0.601. The van der Waals surface area contributed by atoms with E-state index in [2.05, 4.69) is 17.2 Å². The number of hydrogen-bond acceptors (Lipinski definition) is 3. The maximum Gasteiger partial charge on any atom is 0.397 e. The molecule has 0 aromatic heterocycles. The average Bonchev–Trinajstić information content (AvgIpc) is 2.13. The lowest BCUT2D eigenvalue weighted by Gasteiger charge is -2.12. The summed E-state index contributed by atoms with van der Waals surface area (Å²) >= 11 is 0. The van der Waals surface area contributed by atoms with Crippen LogP contribution in [0, 0.1) is 12.3 Å². The van der Waals surface area contributed by atoms with E-state index in [4.69, 9.17) is 6.42 Å². The summed E-state index contributed by atoms with van der Waals surface area (Å²) in [6, 6.07) is 0. The van der Waals surface area contributed by atoms with E-state index in [1.807, 2.05) is 0 Å². The molecule has 0 unspecified atom stereocenters. The lowest BCUT2D eigenvalue weighted by atomic mass is 10.5. The molecule has 0 aromatic rings.